The van der Waals surface area contributed by atoms with Crippen molar-refractivity contribution in [1.82, 2.24) is 0 Å². The Hall–Kier alpha value is -1.63. The first-order valence-corrected chi connectivity index (χ1v) is 5.33. The third kappa shape index (κ3) is 3.14. The van der Waals surface area contributed by atoms with Gasteiger partial charge in [-0.15, -0.1) is 0 Å². The van der Waals surface area contributed by atoms with Crippen molar-refractivity contribution in [3.8, 4) is 0 Å². The molecule has 14 heteroatoms. The fraction of sp³-hybridized carbons (Fsp3) is 0.700. The molecule has 0 atom stereocenters. The molecule has 0 aromatic heterocycles. The van der Waals surface area contributed by atoms with Gasteiger partial charge in [-0.2, -0.15) is 43.9 Å². The number of halogens is 12. The van der Waals surface area contributed by atoms with Gasteiger partial charge in [0.15, 0.2) is 0 Å². The Morgan fingerprint density at radius 1 is 0.833 bits per heavy atom. The fourth-order valence-electron chi connectivity index (χ4n) is 1.22. The van der Waals surface area contributed by atoms with Gasteiger partial charge in [0, 0.05) is 6.42 Å². The highest BCUT2D eigenvalue weighted by molar-refractivity contribution is 5.83. The molecule has 0 aliphatic rings. The van der Waals surface area contributed by atoms with Crippen LogP contribution in [0.4, 0.5) is 52.7 Å². The predicted octanol–water partition coefficient (Wildman–Crippen LogP) is 3.12. The number of alkyl halides is 12. The lowest BCUT2D eigenvalue weighted by Gasteiger charge is -2.39. The van der Waals surface area contributed by atoms with Crippen LogP contribution >= 0.6 is 0 Å². The molecule has 0 fully saturated rings. The van der Waals surface area contributed by atoms with Gasteiger partial charge in [-0.05, 0) is 5.57 Å². The van der Waals surface area contributed by atoms with Crippen LogP contribution < -0.4 is 5.11 Å². The molecule has 0 aromatic carbocycles. The molecule has 24 heavy (non-hydrogen) atoms. The lowest BCUT2D eigenvalue weighted by molar-refractivity contribution is -0.412. The number of aliphatic carboxylic acids is 1. The standard InChI is InChI=1S/C10H6F12O2/c1-3(4(23)24)2-6(13,14)8(17,18)10(21,22)9(19,20)7(15,16)5(11)12/h5H,1-2H2,(H,23,24)/p-1. The van der Waals surface area contributed by atoms with Gasteiger partial charge < -0.3 is 9.90 Å². The third-order valence-corrected chi connectivity index (χ3v) is 2.66. The van der Waals surface area contributed by atoms with Gasteiger partial charge in [-0.3, -0.25) is 0 Å². The molecule has 142 valence electrons. The molecule has 0 amide bonds. The number of carbonyl (C=O) groups is 1. The van der Waals surface area contributed by atoms with Crippen molar-refractivity contribution in [1.29, 1.82) is 0 Å². The van der Waals surface area contributed by atoms with Gasteiger partial charge in [-0.25, -0.2) is 8.78 Å². The second kappa shape index (κ2) is 6.02. The van der Waals surface area contributed by atoms with Gasteiger partial charge in [-0.1, -0.05) is 6.58 Å². The van der Waals surface area contributed by atoms with Crippen LogP contribution in [0.1, 0.15) is 6.42 Å². The zero-order valence-corrected chi connectivity index (χ0v) is 10.8. The SMILES string of the molecule is C=C(CC(F)(F)C(F)(F)C(F)(F)C(F)(F)C(F)(F)C(F)F)C(=O)[O-]. The van der Waals surface area contributed by atoms with Crippen molar-refractivity contribution >= 4 is 5.97 Å². The minimum atomic E-state index is -7.68. The Kier molecular flexibility index (Phi) is 5.61. The van der Waals surface area contributed by atoms with E-state index < -0.39 is 54.0 Å². The van der Waals surface area contributed by atoms with Crippen LogP contribution in [0.5, 0.6) is 0 Å². The van der Waals surface area contributed by atoms with Crippen molar-refractivity contribution in [2.45, 2.75) is 42.5 Å². The minimum Gasteiger partial charge on any atom is -0.545 e. The summed E-state index contributed by atoms with van der Waals surface area (Å²) < 4.78 is 152. The highest BCUT2D eigenvalue weighted by Gasteiger charge is 2.87. The zero-order valence-electron chi connectivity index (χ0n) is 10.8. The van der Waals surface area contributed by atoms with Crippen LogP contribution in [0.15, 0.2) is 12.2 Å². The first-order valence-electron chi connectivity index (χ1n) is 5.33. The molecule has 0 N–H and O–H groups in total. The molecule has 0 bridgehead atoms. The second-order valence-electron chi connectivity index (χ2n) is 4.42. The molecule has 0 spiro atoms. The minimum absolute atomic E-state index is 1.96. The molecule has 0 aromatic rings. The summed E-state index contributed by atoms with van der Waals surface area (Å²) in [5.41, 5.74) is -1.96. The van der Waals surface area contributed by atoms with Crippen LogP contribution in [0, 0.1) is 0 Å². The number of hydrogen-bond acceptors (Lipinski definition) is 2. The molecule has 0 radical (unpaired) electrons. The topological polar surface area (TPSA) is 40.1 Å². The number of carboxylic acids is 1. The maximum absolute atomic E-state index is 13.1. The van der Waals surface area contributed by atoms with Crippen molar-refractivity contribution in [2.75, 3.05) is 0 Å². The number of hydrogen-bond donors (Lipinski definition) is 0. The van der Waals surface area contributed by atoms with Crippen molar-refractivity contribution in [3.05, 3.63) is 12.2 Å². The van der Waals surface area contributed by atoms with E-state index in [0.29, 0.717) is 0 Å². The largest absolute Gasteiger partial charge is 0.545 e. The third-order valence-electron chi connectivity index (χ3n) is 2.66. The Labute approximate surface area is 124 Å². The van der Waals surface area contributed by atoms with E-state index in [1.807, 2.05) is 0 Å². The van der Waals surface area contributed by atoms with Crippen LogP contribution in [0.3, 0.4) is 0 Å². The highest BCUT2D eigenvalue weighted by atomic mass is 19.4. The summed E-state index contributed by atoms with van der Waals surface area (Å²) in [4.78, 5) is 10.1. The summed E-state index contributed by atoms with van der Waals surface area (Å²) in [6, 6.07) is 0. The lowest BCUT2D eigenvalue weighted by Crippen LogP contribution is -2.68. The second-order valence-corrected chi connectivity index (χ2v) is 4.42. The van der Waals surface area contributed by atoms with E-state index in [9.17, 15) is 62.6 Å². The smallest absolute Gasteiger partial charge is 0.384 e. The lowest BCUT2D eigenvalue weighted by atomic mass is 9.91. The number of rotatable bonds is 8. The van der Waals surface area contributed by atoms with Gasteiger partial charge in [0.25, 0.3) is 0 Å². The molecule has 2 nitrogen and oxygen atoms in total. The van der Waals surface area contributed by atoms with E-state index >= 15 is 0 Å². The summed E-state index contributed by atoms with van der Waals surface area (Å²) in [5, 5.41) is 10.1. The Balaban J connectivity index is 6.07. The quantitative estimate of drug-likeness (QED) is 0.476. The van der Waals surface area contributed by atoms with E-state index in [4.69, 9.17) is 0 Å². The summed E-state index contributed by atoms with van der Waals surface area (Å²) in [6.45, 7) is 2.20. The van der Waals surface area contributed by atoms with Gasteiger partial charge in [0.2, 0.25) is 0 Å². The van der Waals surface area contributed by atoms with Gasteiger partial charge >= 0.3 is 36.0 Å². The molecule has 0 unspecified atom stereocenters. The van der Waals surface area contributed by atoms with Crippen LogP contribution in [0.2, 0.25) is 0 Å². The first kappa shape index (κ1) is 22.4. The summed E-state index contributed by atoms with van der Waals surface area (Å²) in [5.74, 6) is -38.8. The first-order chi connectivity index (χ1) is 10.3. The summed E-state index contributed by atoms with van der Waals surface area (Å²) in [6.07, 6.45) is -8.49. The van der Waals surface area contributed by atoms with Crippen molar-refractivity contribution in [2.24, 2.45) is 0 Å². The maximum atomic E-state index is 13.1. The fourth-order valence-corrected chi connectivity index (χ4v) is 1.22. The Morgan fingerprint density at radius 3 is 1.50 bits per heavy atom. The molecule has 0 rings (SSSR count). The van der Waals surface area contributed by atoms with E-state index in [2.05, 4.69) is 6.58 Å². The average Bonchev–Trinajstić information content (AvgIpc) is 2.36. The molecular weight excluding hydrogens is 380 g/mol. The number of carboxylic acid groups (broad SMARTS) is 1. The van der Waals surface area contributed by atoms with Gasteiger partial charge in [0.1, 0.15) is 0 Å². The molecular formula is C10H5F12O2-. The summed E-state index contributed by atoms with van der Waals surface area (Å²) >= 11 is 0. The highest BCUT2D eigenvalue weighted by Crippen LogP contribution is 2.58. The van der Waals surface area contributed by atoms with Gasteiger partial charge in [0.05, 0.1) is 5.97 Å². The molecule has 0 heterocycles. The molecule has 0 aliphatic heterocycles. The molecule has 0 saturated carbocycles. The zero-order chi connectivity index (χ0) is 19.9. The van der Waals surface area contributed by atoms with Crippen LogP contribution in [-0.2, 0) is 4.79 Å². The predicted molar refractivity (Wildman–Crippen MR) is 49.5 cm³/mol. The monoisotopic (exact) mass is 385 g/mol. The van der Waals surface area contributed by atoms with E-state index in [-0.39, 0.29) is 0 Å². The van der Waals surface area contributed by atoms with E-state index in [1.165, 1.54) is 0 Å². The maximum Gasteiger partial charge on any atom is 0.384 e. The Bertz CT molecular complexity index is 510. The van der Waals surface area contributed by atoms with Crippen LogP contribution in [0.25, 0.3) is 0 Å². The molecule has 0 saturated heterocycles. The summed E-state index contributed by atoms with van der Waals surface area (Å²) in [7, 11) is 0. The van der Waals surface area contributed by atoms with Crippen LogP contribution in [-0.4, -0.2) is 42.0 Å². The number of carbonyl (C=O) groups excluding carboxylic acids is 1. The molecule has 0 aliphatic carbocycles. The van der Waals surface area contributed by atoms with E-state index in [0.717, 1.165) is 0 Å². The normalized spacial score (nSPS) is 14.9. The Morgan fingerprint density at radius 2 is 1.21 bits per heavy atom. The van der Waals surface area contributed by atoms with E-state index in [1.54, 1.807) is 0 Å². The van der Waals surface area contributed by atoms with Crippen molar-refractivity contribution in [3.63, 3.8) is 0 Å². The average molecular weight is 385 g/mol. The van der Waals surface area contributed by atoms with Crippen molar-refractivity contribution < 1.29 is 62.6 Å².